The zero-order valence-corrected chi connectivity index (χ0v) is 10.2. The fraction of sp³-hybridized carbons (Fsp3) is 0.400. The summed E-state index contributed by atoms with van der Waals surface area (Å²) >= 11 is 0. The Morgan fingerprint density at radius 1 is 1.07 bits per heavy atom. The fourth-order valence-corrected chi connectivity index (χ4v) is 1.19. The number of aryl methyl sites for hydroxylation is 1. The molecular formula is C10H17NO3S. The molecule has 1 aromatic rings. The van der Waals surface area contributed by atoms with E-state index in [4.69, 9.17) is 4.55 Å². The summed E-state index contributed by atoms with van der Waals surface area (Å²) in [5.41, 5.74) is 0.956. The summed E-state index contributed by atoms with van der Waals surface area (Å²) in [6.45, 7) is 1.84. The molecule has 0 unspecified atom stereocenters. The maximum absolute atomic E-state index is 10.5. The summed E-state index contributed by atoms with van der Waals surface area (Å²) in [7, 11) is 1.98. The fourth-order valence-electron chi connectivity index (χ4n) is 0.710. The number of nitrogens with zero attached hydrogens (tertiary/aromatic N) is 1. The third-order valence-electron chi connectivity index (χ3n) is 1.32. The van der Waals surface area contributed by atoms with Gasteiger partial charge in [-0.25, -0.2) is 0 Å². The minimum absolute atomic E-state index is 0.0666. The average Bonchev–Trinajstić information content (AvgIpc) is 2.01. The van der Waals surface area contributed by atoms with E-state index in [0.717, 1.165) is 5.56 Å². The Morgan fingerprint density at radius 3 is 1.67 bits per heavy atom. The van der Waals surface area contributed by atoms with Crippen LogP contribution < -0.4 is 0 Å². The Bertz CT molecular complexity index is 379. The van der Waals surface area contributed by atoms with Crippen LogP contribution in [0.1, 0.15) is 5.56 Å². The van der Waals surface area contributed by atoms with Gasteiger partial charge in [0.05, 0.1) is 4.90 Å². The van der Waals surface area contributed by atoms with Gasteiger partial charge >= 0.3 is 0 Å². The van der Waals surface area contributed by atoms with Crippen LogP contribution in [-0.2, 0) is 10.1 Å². The smallest absolute Gasteiger partial charge is 0.294 e. The topological polar surface area (TPSA) is 57.6 Å². The molecule has 0 saturated heterocycles. The Labute approximate surface area is 91.3 Å². The average molecular weight is 231 g/mol. The predicted octanol–water partition coefficient (Wildman–Crippen LogP) is 1.42. The van der Waals surface area contributed by atoms with E-state index in [9.17, 15) is 8.42 Å². The predicted molar refractivity (Wildman–Crippen MR) is 60.6 cm³/mol. The lowest BCUT2D eigenvalue weighted by Crippen LogP contribution is -1.99. The first-order valence-electron chi connectivity index (χ1n) is 4.38. The van der Waals surface area contributed by atoms with Gasteiger partial charge in [-0.3, -0.25) is 4.55 Å². The number of hydrogen-bond acceptors (Lipinski definition) is 3. The van der Waals surface area contributed by atoms with Crippen LogP contribution in [0.4, 0.5) is 0 Å². The van der Waals surface area contributed by atoms with E-state index in [2.05, 4.69) is 0 Å². The van der Waals surface area contributed by atoms with Crippen molar-refractivity contribution in [2.24, 2.45) is 0 Å². The first-order chi connectivity index (χ1) is 6.73. The first-order valence-corrected chi connectivity index (χ1v) is 5.82. The summed E-state index contributed by atoms with van der Waals surface area (Å²) in [5, 5.41) is 0. The van der Waals surface area contributed by atoms with Gasteiger partial charge in [-0.1, -0.05) is 17.7 Å². The van der Waals surface area contributed by atoms with E-state index < -0.39 is 10.1 Å². The molecule has 0 aromatic heterocycles. The molecule has 0 spiro atoms. The monoisotopic (exact) mass is 231 g/mol. The van der Waals surface area contributed by atoms with Crippen LogP contribution in [-0.4, -0.2) is 39.0 Å². The Kier molecular flexibility index (Phi) is 5.49. The van der Waals surface area contributed by atoms with Gasteiger partial charge in [0.25, 0.3) is 10.1 Å². The summed E-state index contributed by atoms with van der Waals surface area (Å²) in [4.78, 5) is 1.93. The maximum Gasteiger partial charge on any atom is 0.294 e. The highest BCUT2D eigenvalue weighted by Crippen LogP contribution is 2.08. The lowest BCUT2D eigenvalue weighted by Gasteiger charge is -1.95. The molecule has 1 N–H and O–H groups in total. The Hall–Kier alpha value is -0.910. The molecule has 0 fully saturated rings. The lowest BCUT2D eigenvalue weighted by molar-refractivity contribution is 0.483. The molecule has 4 nitrogen and oxygen atoms in total. The zero-order chi connectivity index (χ0) is 12.1. The lowest BCUT2D eigenvalue weighted by atomic mass is 10.2. The van der Waals surface area contributed by atoms with Crippen molar-refractivity contribution < 1.29 is 13.0 Å². The SMILES string of the molecule is CN(C)C.Cc1ccc(S(=O)(=O)O)cc1. The largest absolute Gasteiger partial charge is 0.312 e. The van der Waals surface area contributed by atoms with Crippen molar-refractivity contribution in [3.8, 4) is 0 Å². The van der Waals surface area contributed by atoms with Crippen LogP contribution in [0.2, 0.25) is 0 Å². The van der Waals surface area contributed by atoms with Gasteiger partial charge in [0.15, 0.2) is 0 Å². The van der Waals surface area contributed by atoms with Gasteiger partial charge in [-0.15, -0.1) is 0 Å². The molecule has 0 saturated carbocycles. The third kappa shape index (κ3) is 7.07. The third-order valence-corrected chi connectivity index (χ3v) is 2.19. The van der Waals surface area contributed by atoms with Crippen LogP contribution in [0, 0.1) is 6.92 Å². The van der Waals surface area contributed by atoms with E-state index in [0.29, 0.717) is 0 Å². The van der Waals surface area contributed by atoms with Crippen molar-refractivity contribution in [1.29, 1.82) is 0 Å². The molecule has 0 radical (unpaired) electrons. The zero-order valence-electron chi connectivity index (χ0n) is 9.43. The summed E-state index contributed by atoms with van der Waals surface area (Å²) in [6.07, 6.45) is 0. The highest BCUT2D eigenvalue weighted by Gasteiger charge is 2.06. The van der Waals surface area contributed by atoms with Crippen LogP contribution in [0.3, 0.4) is 0 Å². The quantitative estimate of drug-likeness (QED) is 0.743. The van der Waals surface area contributed by atoms with E-state index in [-0.39, 0.29) is 4.90 Å². The van der Waals surface area contributed by atoms with Crippen molar-refractivity contribution in [1.82, 2.24) is 4.90 Å². The van der Waals surface area contributed by atoms with Crippen molar-refractivity contribution in [3.63, 3.8) is 0 Å². The minimum atomic E-state index is -4.02. The van der Waals surface area contributed by atoms with E-state index in [1.165, 1.54) is 12.1 Å². The van der Waals surface area contributed by atoms with Crippen molar-refractivity contribution in [3.05, 3.63) is 29.8 Å². The molecule has 0 atom stereocenters. The Morgan fingerprint density at radius 2 is 1.40 bits per heavy atom. The van der Waals surface area contributed by atoms with E-state index in [1.807, 2.05) is 33.0 Å². The molecule has 0 aliphatic carbocycles. The molecule has 1 aromatic carbocycles. The van der Waals surface area contributed by atoms with Gasteiger partial charge in [0, 0.05) is 0 Å². The molecule has 0 aliphatic heterocycles. The van der Waals surface area contributed by atoms with Gasteiger partial charge < -0.3 is 4.90 Å². The van der Waals surface area contributed by atoms with Crippen LogP contribution in [0.15, 0.2) is 29.2 Å². The molecular weight excluding hydrogens is 214 g/mol. The van der Waals surface area contributed by atoms with Crippen LogP contribution >= 0.6 is 0 Å². The number of benzene rings is 1. The number of hydrogen-bond donors (Lipinski definition) is 1. The van der Waals surface area contributed by atoms with Crippen molar-refractivity contribution in [2.75, 3.05) is 21.1 Å². The Balaban J connectivity index is 0.000000423. The summed E-state index contributed by atoms with van der Waals surface area (Å²) in [6, 6.07) is 5.99. The molecule has 86 valence electrons. The van der Waals surface area contributed by atoms with E-state index in [1.54, 1.807) is 12.1 Å². The van der Waals surface area contributed by atoms with Gasteiger partial charge in [-0.05, 0) is 40.2 Å². The molecule has 5 heteroatoms. The molecule has 0 heterocycles. The van der Waals surface area contributed by atoms with Crippen molar-refractivity contribution in [2.45, 2.75) is 11.8 Å². The van der Waals surface area contributed by atoms with Crippen molar-refractivity contribution >= 4 is 10.1 Å². The van der Waals surface area contributed by atoms with Gasteiger partial charge in [0.2, 0.25) is 0 Å². The summed E-state index contributed by atoms with van der Waals surface area (Å²) < 4.78 is 29.6. The van der Waals surface area contributed by atoms with Crippen LogP contribution in [0.25, 0.3) is 0 Å². The van der Waals surface area contributed by atoms with Gasteiger partial charge in [0.1, 0.15) is 0 Å². The second-order valence-corrected chi connectivity index (χ2v) is 5.05. The minimum Gasteiger partial charge on any atom is -0.312 e. The summed E-state index contributed by atoms with van der Waals surface area (Å²) in [5.74, 6) is 0. The van der Waals surface area contributed by atoms with E-state index >= 15 is 0 Å². The molecule has 0 amide bonds. The first kappa shape index (κ1) is 14.1. The normalized spacial score (nSPS) is 10.8. The van der Waals surface area contributed by atoms with Gasteiger partial charge in [-0.2, -0.15) is 8.42 Å². The number of rotatable bonds is 1. The second-order valence-electron chi connectivity index (χ2n) is 3.63. The molecule has 0 bridgehead atoms. The maximum atomic E-state index is 10.5. The molecule has 15 heavy (non-hydrogen) atoms. The standard InChI is InChI=1S/C7H8O3S.C3H9N/c1-6-2-4-7(5-3-6)11(8,9)10;1-4(2)3/h2-5H,1H3,(H,8,9,10);1-3H3. The highest BCUT2D eigenvalue weighted by atomic mass is 32.2. The second kappa shape index (κ2) is 5.85. The molecule has 0 aliphatic rings. The molecule has 1 rings (SSSR count). The highest BCUT2D eigenvalue weighted by molar-refractivity contribution is 7.85. The van der Waals surface area contributed by atoms with Crippen LogP contribution in [0.5, 0.6) is 0 Å².